The highest BCUT2D eigenvalue weighted by atomic mass is 16.2. The van der Waals surface area contributed by atoms with Crippen LogP contribution in [0.3, 0.4) is 0 Å². The molecule has 0 radical (unpaired) electrons. The van der Waals surface area contributed by atoms with Gasteiger partial charge in [0.2, 0.25) is 11.8 Å². The number of likely N-dealkylation sites (N-methyl/N-ethyl adjacent to an activating group) is 1. The zero-order chi connectivity index (χ0) is 14.6. The van der Waals surface area contributed by atoms with Gasteiger partial charge in [-0.1, -0.05) is 26.7 Å². The molecule has 1 saturated heterocycles. The van der Waals surface area contributed by atoms with Crippen molar-refractivity contribution in [2.45, 2.75) is 58.0 Å². The summed E-state index contributed by atoms with van der Waals surface area (Å²) in [6.45, 7) is 6.58. The summed E-state index contributed by atoms with van der Waals surface area (Å²) in [4.78, 5) is 26.2. The number of nitrogens with zero attached hydrogens (tertiary/aromatic N) is 1. The van der Waals surface area contributed by atoms with E-state index in [4.69, 9.17) is 5.73 Å². The monoisotopic (exact) mass is 269 g/mol. The number of primary amides is 1. The molecule has 1 fully saturated rings. The summed E-state index contributed by atoms with van der Waals surface area (Å²) in [5.74, 6) is -0.527. The van der Waals surface area contributed by atoms with E-state index in [2.05, 4.69) is 10.2 Å². The summed E-state index contributed by atoms with van der Waals surface area (Å²) in [5, 5.41) is 2.89. The third-order valence-electron chi connectivity index (χ3n) is 4.57. The Balaban J connectivity index is 2.79. The SMILES string of the molecule is CCC(C)C(C)(NC(=O)[C@H]1CCCCN1C)C(N)=O. The Labute approximate surface area is 115 Å². The topological polar surface area (TPSA) is 75.4 Å². The van der Waals surface area contributed by atoms with Gasteiger partial charge in [-0.25, -0.2) is 0 Å². The predicted molar refractivity (Wildman–Crippen MR) is 75.5 cm³/mol. The van der Waals surface area contributed by atoms with Crippen molar-refractivity contribution in [2.75, 3.05) is 13.6 Å². The number of hydrogen-bond acceptors (Lipinski definition) is 3. The maximum absolute atomic E-state index is 12.4. The van der Waals surface area contributed by atoms with E-state index >= 15 is 0 Å². The van der Waals surface area contributed by atoms with Crippen molar-refractivity contribution in [2.24, 2.45) is 11.7 Å². The third-order valence-corrected chi connectivity index (χ3v) is 4.57. The van der Waals surface area contributed by atoms with Crippen molar-refractivity contribution in [3.8, 4) is 0 Å². The van der Waals surface area contributed by atoms with Gasteiger partial charge in [0.05, 0.1) is 6.04 Å². The van der Waals surface area contributed by atoms with Crippen LogP contribution in [0.5, 0.6) is 0 Å². The highest BCUT2D eigenvalue weighted by molar-refractivity contribution is 5.92. The normalized spacial score (nSPS) is 25.4. The minimum atomic E-state index is -0.968. The summed E-state index contributed by atoms with van der Waals surface area (Å²) in [6, 6.07) is -0.142. The van der Waals surface area contributed by atoms with Crippen molar-refractivity contribution in [1.82, 2.24) is 10.2 Å². The van der Waals surface area contributed by atoms with Gasteiger partial charge in [0, 0.05) is 0 Å². The molecule has 3 N–H and O–H groups in total. The van der Waals surface area contributed by atoms with Gasteiger partial charge in [0.1, 0.15) is 5.54 Å². The lowest BCUT2D eigenvalue weighted by Gasteiger charge is -2.37. The Morgan fingerprint density at radius 2 is 2.11 bits per heavy atom. The summed E-state index contributed by atoms with van der Waals surface area (Å²) in [6.07, 6.45) is 3.82. The van der Waals surface area contributed by atoms with E-state index in [0.29, 0.717) is 0 Å². The van der Waals surface area contributed by atoms with Crippen LogP contribution in [0.4, 0.5) is 0 Å². The molecule has 0 aliphatic carbocycles. The van der Waals surface area contributed by atoms with Crippen LogP contribution in [-0.4, -0.2) is 41.9 Å². The van der Waals surface area contributed by atoms with Crippen LogP contribution in [0.25, 0.3) is 0 Å². The quantitative estimate of drug-likeness (QED) is 0.778. The first-order valence-electron chi connectivity index (χ1n) is 7.15. The molecule has 0 bridgehead atoms. The summed E-state index contributed by atoms with van der Waals surface area (Å²) in [7, 11) is 1.95. The average Bonchev–Trinajstić information content (AvgIpc) is 2.37. The fourth-order valence-electron chi connectivity index (χ4n) is 2.58. The van der Waals surface area contributed by atoms with Crippen LogP contribution in [0.1, 0.15) is 46.5 Å². The molecule has 2 unspecified atom stereocenters. The molecule has 0 aromatic rings. The van der Waals surface area contributed by atoms with Gasteiger partial charge in [0.15, 0.2) is 0 Å². The molecular formula is C14H27N3O2. The lowest BCUT2D eigenvalue weighted by atomic mass is 9.84. The summed E-state index contributed by atoms with van der Waals surface area (Å²) < 4.78 is 0. The number of carbonyl (C=O) groups is 2. The van der Waals surface area contributed by atoms with Gasteiger partial charge in [-0.15, -0.1) is 0 Å². The van der Waals surface area contributed by atoms with Gasteiger partial charge >= 0.3 is 0 Å². The molecule has 1 aliphatic heterocycles. The molecule has 1 aliphatic rings. The molecule has 1 rings (SSSR count). The lowest BCUT2D eigenvalue weighted by Crippen LogP contribution is -2.62. The molecule has 3 atom stereocenters. The van der Waals surface area contributed by atoms with Crippen LogP contribution in [0.15, 0.2) is 0 Å². The highest BCUT2D eigenvalue weighted by Crippen LogP contribution is 2.22. The second-order valence-corrected chi connectivity index (χ2v) is 5.86. The number of piperidine rings is 1. The maximum Gasteiger partial charge on any atom is 0.243 e. The molecule has 0 spiro atoms. The largest absolute Gasteiger partial charge is 0.368 e. The average molecular weight is 269 g/mol. The Morgan fingerprint density at radius 1 is 1.47 bits per heavy atom. The fourth-order valence-corrected chi connectivity index (χ4v) is 2.58. The number of hydrogen-bond donors (Lipinski definition) is 2. The molecule has 0 saturated carbocycles. The van der Waals surface area contributed by atoms with Gasteiger partial charge in [-0.2, -0.15) is 0 Å². The van der Waals surface area contributed by atoms with E-state index in [1.807, 2.05) is 20.9 Å². The minimum Gasteiger partial charge on any atom is -0.368 e. The van der Waals surface area contributed by atoms with E-state index in [9.17, 15) is 9.59 Å². The van der Waals surface area contributed by atoms with Gasteiger partial charge in [0.25, 0.3) is 0 Å². The van der Waals surface area contributed by atoms with Crippen LogP contribution in [-0.2, 0) is 9.59 Å². The zero-order valence-electron chi connectivity index (χ0n) is 12.5. The highest BCUT2D eigenvalue weighted by Gasteiger charge is 2.40. The van der Waals surface area contributed by atoms with Crippen molar-refractivity contribution in [1.29, 1.82) is 0 Å². The van der Waals surface area contributed by atoms with Crippen LogP contribution >= 0.6 is 0 Å². The molecule has 110 valence electrons. The first-order valence-corrected chi connectivity index (χ1v) is 7.15. The number of nitrogens with one attached hydrogen (secondary N) is 1. The van der Waals surface area contributed by atoms with Crippen molar-refractivity contribution < 1.29 is 9.59 Å². The Hall–Kier alpha value is -1.10. The van der Waals surface area contributed by atoms with Crippen LogP contribution in [0.2, 0.25) is 0 Å². The molecule has 0 aromatic heterocycles. The molecule has 1 heterocycles. The first-order chi connectivity index (χ1) is 8.82. The Kier molecular flexibility index (Phi) is 5.35. The number of likely N-dealkylation sites (tertiary alicyclic amines) is 1. The van der Waals surface area contributed by atoms with E-state index in [1.165, 1.54) is 0 Å². The van der Waals surface area contributed by atoms with E-state index in [-0.39, 0.29) is 17.9 Å². The van der Waals surface area contributed by atoms with E-state index in [1.54, 1.807) is 6.92 Å². The Morgan fingerprint density at radius 3 is 2.58 bits per heavy atom. The van der Waals surface area contributed by atoms with E-state index < -0.39 is 11.4 Å². The smallest absolute Gasteiger partial charge is 0.243 e. The minimum absolute atomic E-state index is 0.0165. The molecule has 2 amide bonds. The molecular weight excluding hydrogens is 242 g/mol. The lowest BCUT2D eigenvalue weighted by molar-refractivity contribution is -0.136. The maximum atomic E-state index is 12.4. The van der Waals surface area contributed by atoms with Gasteiger partial charge in [-0.3, -0.25) is 14.5 Å². The summed E-state index contributed by atoms with van der Waals surface area (Å²) in [5.41, 5.74) is 4.52. The molecule has 5 nitrogen and oxygen atoms in total. The zero-order valence-corrected chi connectivity index (χ0v) is 12.5. The van der Waals surface area contributed by atoms with Crippen molar-refractivity contribution in [3.05, 3.63) is 0 Å². The standard InChI is InChI=1S/C14H27N3O2/c1-5-10(2)14(3,13(15)19)16-12(18)11-8-6-7-9-17(11)4/h10-11H,5-9H2,1-4H3,(H2,15,19)(H,16,18)/t10?,11-,14?/m1/s1. The first kappa shape index (κ1) is 16.0. The molecule has 19 heavy (non-hydrogen) atoms. The predicted octanol–water partition coefficient (Wildman–Crippen LogP) is 0.877. The van der Waals surface area contributed by atoms with Crippen LogP contribution in [0, 0.1) is 5.92 Å². The number of rotatable bonds is 5. The fraction of sp³-hybridized carbons (Fsp3) is 0.857. The molecule has 5 heteroatoms. The number of amides is 2. The summed E-state index contributed by atoms with van der Waals surface area (Å²) >= 11 is 0. The number of carbonyl (C=O) groups excluding carboxylic acids is 2. The van der Waals surface area contributed by atoms with Gasteiger partial charge in [-0.05, 0) is 39.3 Å². The second kappa shape index (κ2) is 6.37. The van der Waals surface area contributed by atoms with Crippen molar-refractivity contribution in [3.63, 3.8) is 0 Å². The van der Waals surface area contributed by atoms with Crippen molar-refractivity contribution >= 4 is 11.8 Å². The van der Waals surface area contributed by atoms with Gasteiger partial charge < -0.3 is 11.1 Å². The second-order valence-electron chi connectivity index (χ2n) is 5.86. The number of nitrogens with two attached hydrogens (primary N) is 1. The third kappa shape index (κ3) is 3.47. The molecule has 0 aromatic carbocycles. The Bertz CT molecular complexity index is 346. The van der Waals surface area contributed by atoms with Crippen LogP contribution < -0.4 is 11.1 Å². The van der Waals surface area contributed by atoms with E-state index in [0.717, 1.165) is 32.2 Å².